The van der Waals surface area contributed by atoms with Gasteiger partial charge in [-0.3, -0.25) is 4.57 Å². The van der Waals surface area contributed by atoms with Gasteiger partial charge in [0, 0.05) is 55.0 Å². The number of rotatable bonds is 8. The number of nitrogens with zero attached hydrogens (tertiary/aromatic N) is 6. The van der Waals surface area contributed by atoms with E-state index in [1.807, 2.05) is 12.1 Å². The van der Waals surface area contributed by atoms with E-state index in [0.717, 1.165) is 88.6 Å². The highest BCUT2D eigenvalue weighted by molar-refractivity contribution is 6.24. The van der Waals surface area contributed by atoms with Gasteiger partial charge in [0.15, 0.2) is 11.6 Å². The number of para-hydroxylation sites is 4. The van der Waals surface area contributed by atoms with Gasteiger partial charge in [0.25, 0.3) is 0 Å². The Morgan fingerprint density at radius 3 is 1.61 bits per heavy atom. The van der Waals surface area contributed by atoms with Gasteiger partial charge in [0.05, 0.1) is 33.3 Å². The predicted octanol–water partition coefficient (Wildman–Crippen LogP) is 14.7. The van der Waals surface area contributed by atoms with Crippen molar-refractivity contribution in [1.82, 2.24) is 28.7 Å². The van der Waals surface area contributed by atoms with Gasteiger partial charge in [-0.15, -0.1) is 0 Å². The average Bonchev–Trinajstić information content (AvgIpc) is 4.00. The van der Waals surface area contributed by atoms with Gasteiger partial charge in [-0.2, -0.15) is 9.97 Å². The molecule has 0 aliphatic rings. The minimum absolute atomic E-state index is 0.510. The van der Waals surface area contributed by atoms with Crippen LogP contribution in [0.1, 0.15) is 18.2 Å². The van der Waals surface area contributed by atoms with Crippen molar-refractivity contribution in [3.8, 4) is 51.2 Å². The van der Waals surface area contributed by atoms with E-state index in [2.05, 4.69) is 227 Å². The molecule has 0 bridgehead atoms. The van der Waals surface area contributed by atoms with Crippen molar-refractivity contribution in [2.75, 3.05) is 0 Å². The summed E-state index contributed by atoms with van der Waals surface area (Å²) in [6.45, 7) is 6.48. The molecular formula is C58H40N6. The maximum absolute atomic E-state index is 5.42. The van der Waals surface area contributed by atoms with Crippen LogP contribution in [-0.4, -0.2) is 28.7 Å². The molecule has 0 N–H and O–H groups in total. The molecule has 0 saturated heterocycles. The molecule has 4 heterocycles. The Labute approximate surface area is 370 Å². The molecule has 302 valence electrons. The van der Waals surface area contributed by atoms with E-state index in [1.165, 1.54) is 10.8 Å². The lowest BCUT2D eigenvalue weighted by atomic mass is 10.0. The highest BCUT2D eigenvalue weighted by Gasteiger charge is 2.25. The van der Waals surface area contributed by atoms with Gasteiger partial charge in [-0.25, -0.2) is 4.98 Å². The Bertz CT molecular complexity index is 3800. The monoisotopic (exact) mass is 820 g/mol. The third kappa shape index (κ3) is 5.84. The van der Waals surface area contributed by atoms with Gasteiger partial charge in [0.1, 0.15) is 0 Å². The summed E-state index contributed by atoms with van der Waals surface area (Å²) in [5, 5.41) is 5.79. The molecule has 0 unspecified atom stereocenters. The highest BCUT2D eigenvalue weighted by Crippen LogP contribution is 2.42. The van der Waals surface area contributed by atoms with E-state index in [4.69, 9.17) is 15.0 Å². The quantitative estimate of drug-likeness (QED) is 0.153. The first-order valence-corrected chi connectivity index (χ1v) is 21.6. The van der Waals surface area contributed by atoms with E-state index in [9.17, 15) is 0 Å². The maximum Gasteiger partial charge on any atom is 0.238 e. The van der Waals surface area contributed by atoms with Crippen molar-refractivity contribution in [2.24, 2.45) is 0 Å². The van der Waals surface area contributed by atoms with Gasteiger partial charge >= 0.3 is 0 Å². The normalized spacial score (nSPS) is 11.8. The van der Waals surface area contributed by atoms with Gasteiger partial charge in [-0.1, -0.05) is 152 Å². The Hall–Kier alpha value is -8.61. The first kappa shape index (κ1) is 37.2. The van der Waals surface area contributed by atoms with Crippen LogP contribution in [0.2, 0.25) is 0 Å². The minimum atomic E-state index is 0.510. The number of fused-ring (bicyclic) bond motifs is 8. The lowest BCUT2D eigenvalue weighted by molar-refractivity contribution is 0.926. The summed E-state index contributed by atoms with van der Waals surface area (Å²) in [6.07, 6.45) is 6.22. The largest absolute Gasteiger partial charge is 0.309 e. The van der Waals surface area contributed by atoms with E-state index in [0.29, 0.717) is 17.6 Å². The number of aromatic nitrogens is 6. The molecule has 0 atom stereocenters. The maximum atomic E-state index is 5.42. The summed E-state index contributed by atoms with van der Waals surface area (Å²) in [6, 6.07) is 68.3. The SMILES string of the molecule is C=Cc1c(/C=C\C)c2c3c4ccccc4n(-c4ccccc4)c3ccc2n1-c1nc(-c2cccc(-c3ccccc3)c2)nc(-c2ccc3c4ccccc4n(-c4ccccc4)c3c2)n1. The van der Waals surface area contributed by atoms with E-state index in [-0.39, 0.29) is 0 Å². The molecule has 12 rings (SSSR count). The van der Waals surface area contributed by atoms with Crippen LogP contribution >= 0.6 is 0 Å². The summed E-state index contributed by atoms with van der Waals surface area (Å²) in [7, 11) is 0. The Kier molecular flexibility index (Phi) is 8.76. The standard InChI is InChI=1S/C58H40N6/c1-3-19-46-48(4-2)64(52-35-34-51-55(54(46)52)47-29-15-17-31-50(47)62(51)42-24-10-6-11-25-42)58-60-56(40-23-18-22-39(36-40)38-20-8-5-9-21-38)59-57(61-58)41-32-33-45-44-28-14-16-30-49(44)63(53(45)37-41)43-26-12-7-13-27-43/h3-37H,2H2,1H3/b19-3-. The molecule has 6 heteroatoms. The topological polar surface area (TPSA) is 53.5 Å². The fraction of sp³-hybridized carbons (Fsp3) is 0.0172. The molecule has 12 aromatic rings. The van der Waals surface area contributed by atoms with Crippen LogP contribution < -0.4 is 0 Å². The molecule has 0 amide bonds. The Balaban J connectivity index is 1.16. The smallest absolute Gasteiger partial charge is 0.238 e. The van der Waals surface area contributed by atoms with Crippen molar-refractivity contribution in [2.45, 2.75) is 6.92 Å². The van der Waals surface area contributed by atoms with Crippen LogP contribution in [-0.2, 0) is 0 Å². The summed E-state index contributed by atoms with van der Waals surface area (Å²) in [5.74, 6) is 1.66. The van der Waals surface area contributed by atoms with Crippen LogP contribution in [0.25, 0.3) is 118 Å². The third-order valence-electron chi connectivity index (χ3n) is 12.4. The zero-order valence-electron chi connectivity index (χ0n) is 35.1. The van der Waals surface area contributed by atoms with Crippen molar-refractivity contribution in [3.63, 3.8) is 0 Å². The van der Waals surface area contributed by atoms with Gasteiger partial charge in [0.2, 0.25) is 5.95 Å². The molecule has 0 radical (unpaired) electrons. The van der Waals surface area contributed by atoms with E-state index in [1.54, 1.807) is 0 Å². The van der Waals surface area contributed by atoms with Crippen LogP contribution in [0.5, 0.6) is 0 Å². The summed E-state index contributed by atoms with van der Waals surface area (Å²) in [4.78, 5) is 16.1. The lowest BCUT2D eigenvalue weighted by Crippen LogP contribution is -2.08. The van der Waals surface area contributed by atoms with Crippen LogP contribution in [0.4, 0.5) is 0 Å². The molecule has 0 aliphatic carbocycles. The summed E-state index contributed by atoms with van der Waals surface area (Å²) >= 11 is 0. The minimum Gasteiger partial charge on any atom is -0.309 e. The first-order valence-electron chi connectivity index (χ1n) is 21.6. The second-order valence-corrected chi connectivity index (χ2v) is 16.0. The molecule has 0 spiro atoms. The van der Waals surface area contributed by atoms with E-state index < -0.39 is 0 Å². The average molecular weight is 821 g/mol. The third-order valence-corrected chi connectivity index (χ3v) is 12.4. The molecule has 0 fully saturated rings. The molecule has 4 aromatic heterocycles. The van der Waals surface area contributed by atoms with Crippen LogP contribution in [0.15, 0.2) is 207 Å². The van der Waals surface area contributed by atoms with Gasteiger partial charge < -0.3 is 9.13 Å². The highest BCUT2D eigenvalue weighted by atomic mass is 15.2. The van der Waals surface area contributed by atoms with Gasteiger partial charge in [-0.05, 0) is 84.8 Å². The zero-order chi connectivity index (χ0) is 42.7. The Morgan fingerprint density at radius 1 is 0.406 bits per heavy atom. The molecule has 0 aliphatic heterocycles. The summed E-state index contributed by atoms with van der Waals surface area (Å²) < 4.78 is 6.86. The number of benzene rings is 8. The Morgan fingerprint density at radius 2 is 0.938 bits per heavy atom. The number of allylic oxidation sites excluding steroid dienone is 1. The molecular weight excluding hydrogens is 781 g/mol. The fourth-order valence-electron chi connectivity index (χ4n) is 9.65. The number of hydrogen-bond acceptors (Lipinski definition) is 3. The van der Waals surface area contributed by atoms with Crippen LogP contribution in [0, 0.1) is 0 Å². The second-order valence-electron chi connectivity index (χ2n) is 16.0. The molecule has 64 heavy (non-hydrogen) atoms. The fourth-order valence-corrected chi connectivity index (χ4v) is 9.65. The van der Waals surface area contributed by atoms with Crippen molar-refractivity contribution in [1.29, 1.82) is 0 Å². The molecule has 8 aromatic carbocycles. The van der Waals surface area contributed by atoms with Crippen molar-refractivity contribution < 1.29 is 0 Å². The predicted molar refractivity (Wildman–Crippen MR) is 266 cm³/mol. The number of hydrogen-bond donors (Lipinski definition) is 0. The molecule has 6 nitrogen and oxygen atoms in total. The van der Waals surface area contributed by atoms with Crippen LogP contribution in [0.3, 0.4) is 0 Å². The molecule has 0 saturated carbocycles. The summed E-state index contributed by atoms with van der Waals surface area (Å²) in [5.41, 5.74) is 13.6. The zero-order valence-corrected chi connectivity index (χ0v) is 35.1. The van der Waals surface area contributed by atoms with Crippen molar-refractivity contribution >= 4 is 66.7 Å². The van der Waals surface area contributed by atoms with E-state index >= 15 is 0 Å². The lowest BCUT2D eigenvalue weighted by Gasteiger charge is -2.13. The van der Waals surface area contributed by atoms with Crippen molar-refractivity contribution in [3.05, 3.63) is 218 Å². The second kappa shape index (κ2) is 15.1. The first-order chi connectivity index (χ1) is 31.7.